The lowest BCUT2D eigenvalue weighted by atomic mass is 10.2. The number of anilines is 1. The first kappa shape index (κ1) is 10.9. The lowest BCUT2D eigenvalue weighted by Gasteiger charge is -2.27. The van der Waals surface area contributed by atoms with Gasteiger partial charge in [0.25, 0.3) is 0 Å². The van der Waals surface area contributed by atoms with E-state index in [1.54, 1.807) is 0 Å². The number of ether oxygens (including phenoxy) is 1. The van der Waals surface area contributed by atoms with Crippen molar-refractivity contribution in [2.75, 3.05) is 25.0 Å². The monoisotopic (exact) mass is 232 g/mol. The highest BCUT2D eigenvalue weighted by molar-refractivity contribution is 5.57. The van der Waals surface area contributed by atoms with E-state index >= 15 is 0 Å². The van der Waals surface area contributed by atoms with Crippen LogP contribution in [0.2, 0.25) is 0 Å². The zero-order valence-electron chi connectivity index (χ0n) is 10.1. The summed E-state index contributed by atoms with van der Waals surface area (Å²) in [6, 6.07) is 8.14. The molecule has 3 nitrogen and oxygen atoms in total. The number of fused-ring (bicyclic) bond motifs is 1. The van der Waals surface area contributed by atoms with Crippen molar-refractivity contribution in [1.29, 1.82) is 0 Å². The van der Waals surface area contributed by atoms with Crippen LogP contribution in [0, 0.1) is 5.92 Å². The molecular formula is C14H20N2O. The third-order valence-corrected chi connectivity index (χ3v) is 3.50. The van der Waals surface area contributed by atoms with E-state index in [1.807, 2.05) is 18.2 Å². The van der Waals surface area contributed by atoms with E-state index in [0.717, 1.165) is 37.0 Å². The summed E-state index contributed by atoms with van der Waals surface area (Å²) in [5, 5.41) is 6.90. The van der Waals surface area contributed by atoms with Gasteiger partial charge in [0.1, 0.15) is 11.9 Å². The number of benzene rings is 1. The van der Waals surface area contributed by atoms with Gasteiger partial charge in [0.05, 0.1) is 12.2 Å². The fourth-order valence-electron chi connectivity index (χ4n) is 2.25. The van der Waals surface area contributed by atoms with Crippen molar-refractivity contribution in [3.8, 4) is 5.75 Å². The summed E-state index contributed by atoms with van der Waals surface area (Å²) in [5.41, 5.74) is 1.11. The maximum Gasteiger partial charge on any atom is 0.142 e. The SMILES string of the molecule is c1ccc2c(c1)NCC(CNCCC1CC1)O2. The summed E-state index contributed by atoms with van der Waals surface area (Å²) in [7, 11) is 0. The Bertz CT molecular complexity index is 376. The van der Waals surface area contributed by atoms with E-state index < -0.39 is 0 Å². The summed E-state index contributed by atoms with van der Waals surface area (Å²) in [5.74, 6) is 1.99. The fraction of sp³-hybridized carbons (Fsp3) is 0.571. The molecule has 0 amide bonds. The summed E-state index contributed by atoms with van der Waals surface area (Å²) in [6.45, 7) is 2.97. The molecule has 0 bridgehead atoms. The molecular weight excluding hydrogens is 212 g/mol. The Balaban J connectivity index is 1.43. The lowest BCUT2D eigenvalue weighted by Crippen LogP contribution is -2.39. The van der Waals surface area contributed by atoms with Crippen LogP contribution in [0.5, 0.6) is 5.75 Å². The number of hydrogen-bond donors (Lipinski definition) is 2. The summed E-state index contributed by atoms with van der Waals surface area (Å²) >= 11 is 0. The van der Waals surface area contributed by atoms with Crippen molar-refractivity contribution in [3.63, 3.8) is 0 Å². The molecule has 1 aliphatic heterocycles. The third kappa shape index (κ3) is 2.91. The summed E-state index contributed by atoms with van der Waals surface area (Å²) in [6.07, 6.45) is 4.47. The maximum atomic E-state index is 5.93. The Morgan fingerprint density at radius 1 is 1.29 bits per heavy atom. The van der Waals surface area contributed by atoms with Crippen LogP contribution in [0.25, 0.3) is 0 Å². The molecule has 0 aromatic heterocycles. The molecule has 1 aromatic carbocycles. The Labute approximate surface area is 103 Å². The molecule has 0 radical (unpaired) electrons. The third-order valence-electron chi connectivity index (χ3n) is 3.50. The van der Waals surface area contributed by atoms with E-state index in [2.05, 4.69) is 16.7 Å². The van der Waals surface area contributed by atoms with Crippen LogP contribution >= 0.6 is 0 Å². The van der Waals surface area contributed by atoms with Gasteiger partial charge in [0.15, 0.2) is 0 Å². The van der Waals surface area contributed by atoms with Crippen LogP contribution < -0.4 is 15.4 Å². The Kier molecular flexibility index (Phi) is 3.18. The molecule has 0 saturated heterocycles. The van der Waals surface area contributed by atoms with Gasteiger partial charge >= 0.3 is 0 Å². The van der Waals surface area contributed by atoms with E-state index in [-0.39, 0.29) is 6.10 Å². The van der Waals surface area contributed by atoms with Crippen LogP contribution in [0.4, 0.5) is 5.69 Å². The van der Waals surface area contributed by atoms with Crippen LogP contribution in [0.15, 0.2) is 24.3 Å². The Hall–Kier alpha value is -1.22. The largest absolute Gasteiger partial charge is 0.485 e. The minimum Gasteiger partial charge on any atom is -0.485 e. The van der Waals surface area contributed by atoms with Crippen molar-refractivity contribution >= 4 is 5.69 Å². The zero-order chi connectivity index (χ0) is 11.5. The molecule has 2 N–H and O–H groups in total. The normalized spacial score (nSPS) is 22.5. The molecule has 92 valence electrons. The molecule has 1 aromatic rings. The lowest BCUT2D eigenvalue weighted by molar-refractivity contribution is 0.202. The van der Waals surface area contributed by atoms with E-state index in [4.69, 9.17) is 4.74 Å². The molecule has 1 aliphatic carbocycles. The molecule has 2 aliphatic rings. The topological polar surface area (TPSA) is 33.3 Å². The predicted octanol–water partition coefficient (Wildman–Crippen LogP) is 2.25. The van der Waals surface area contributed by atoms with Crippen LogP contribution in [0.1, 0.15) is 19.3 Å². The van der Waals surface area contributed by atoms with Crippen molar-refractivity contribution in [3.05, 3.63) is 24.3 Å². The fourth-order valence-corrected chi connectivity index (χ4v) is 2.25. The second-order valence-electron chi connectivity index (χ2n) is 5.05. The predicted molar refractivity (Wildman–Crippen MR) is 69.6 cm³/mol. The standard InChI is InChI=1S/C14H20N2O/c1-2-4-14-13(3-1)16-10-12(17-14)9-15-8-7-11-5-6-11/h1-4,11-12,15-16H,5-10H2. The highest BCUT2D eigenvalue weighted by atomic mass is 16.5. The molecule has 1 fully saturated rings. The molecule has 1 saturated carbocycles. The van der Waals surface area contributed by atoms with Gasteiger partial charge in [0.2, 0.25) is 0 Å². The number of rotatable bonds is 5. The average molecular weight is 232 g/mol. The molecule has 3 heteroatoms. The molecule has 1 heterocycles. The average Bonchev–Trinajstić information content (AvgIpc) is 3.18. The van der Waals surface area contributed by atoms with Gasteiger partial charge in [-0.05, 0) is 31.0 Å². The molecule has 3 rings (SSSR count). The van der Waals surface area contributed by atoms with Gasteiger partial charge < -0.3 is 15.4 Å². The van der Waals surface area contributed by atoms with Crippen molar-refractivity contribution in [2.45, 2.75) is 25.4 Å². The van der Waals surface area contributed by atoms with Crippen molar-refractivity contribution in [2.24, 2.45) is 5.92 Å². The zero-order valence-corrected chi connectivity index (χ0v) is 10.1. The van der Waals surface area contributed by atoms with Gasteiger partial charge in [-0.3, -0.25) is 0 Å². The minimum atomic E-state index is 0.254. The first-order chi connectivity index (χ1) is 8.42. The van der Waals surface area contributed by atoms with Gasteiger partial charge in [-0.2, -0.15) is 0 Å². The first-order valence-electron chi connectivity index (χ1n) is 6.62. The van der Waals surface area contributed by atoms with E-state index in [9.17, 15) is 0 Å². The highest BCUT2D eigenvalue weighted by Crippen LogP contribution is 2.31. The summed E-state index contributed by atoms with van der Waals surface area (Å²) in [4.78, 5) is 0. The summed E-state index contributed by atoms with van der Waals surface area (Å²) < 4.78 is 5.93. The first-order valence-corrected chi connectivity index (χ1v) is 6.62. The number of nitrogens with one attached hydrogen (secondary N) is 2. The molecule has 17 heavy (non-hydrogen) atoms. The molecule has 0 spiro atoms. The quantitative estimate of drug-likeness (QED) is 0.764. The van der Waals surface area contributed by atoms with Crippen LogP contribution in [-0.4, -0.2) is 25.7 Å². The van der Waals surface area contributed by atoms with E-state index in [1.165, 1.54) is 19.3 Å². The molecule has 1 atom stereocenters. The van der Waals surface area contributed by atoms with Crippen LogP contribution in [0.3, 0.4) is 0 Å². The maximum absolute atomic E-state index is 5.93. The number of hydrogen-bond acceptors (Lipinski definition) is 3. The molecule has 1 unspecified atom stereocenters. The van der Waals surface area contributed by atoms with E-state index in [0.29, 0.717) is 0 Å². The minimum absolute atomic E-state index is 0.254. The van der Waals surface area contributed by atoms with Gasteiger partial charge in [-0.25, -0.2) is 0 Å². The second-order valence-corrected chi connectivity index (χ2v) is 5.05. The van der Waals surface area contributed by atoms with Gasteiger partial charge in [-0.15, -0.1) is 0 Å². The number of para-hydroxylation sites is 2. The van der Waals surface area contributed by atoms with Crippen molar-refractivity contribution < 1.29 is 4.74 Å². The Morgan fingerprint density at radius 3 is 3.06 bits per heavy atom. The van der Waals surface area contributed by atoms with Crippen molar-refractivity contribution in [1.82, 2.24) is 5.32 Å². The highest BCUT2D eigenvalue weighted by Gasteiger charge is 2.21. The second kappa shape index (κ2) is 4.96. The van der Waals surface area contributed by atoms with Crippen LogP contribution in [-0.2, 0) is 0 Å². The Morgan fingerprint density at radius 2 is 2.18 bits per heavy atom. The van der Waals surface area contributed by atoms with Gasteiger partial charge in [-0.1, -0.05) is 25.0 Å². The van der Waals surface area contributed by atoms with Gasteiger partial charge in [0, 0.05) is 6.54 Å². The smallest absolute Gasteiger partial charge is 0.142 e.